The van der Waals surface area contributed by atoms with Crippen molar-refractivity contribution in [2.24, 2.45) is 5.73 Å². The van der Waals surface area contributed by atoms with Gasteiger partial charge in [0, 0.05) is 11.1 Å². The summed E-state index contributed by atoms with van der Waals surface area (Å²) in [5.74, 6) is 0.653. The van der Waals surface area contributed by atoms with Gasteiger partial charge in [0.25, 0.3) is 0 Å². The van der Waals surface area contributed by atoms with Gasteiger partial charge < -0.3 is 15.8 Å². The molecule has 1 amide bonds. The Bertz CT molecular complexity index is 578. The van der Waals surface area contributed by atoms with E-state index in [0.29, 0.717) is 0 Å². The first-order valence-electron chi connectivity index (χ1n) is 6.22. The van der Waals surface area contributed by atoms with Crippen molar-refractivity contribution in [3.05, 3.63) is 40.3 Å². The van der Waals surface area contributed by atoms with Crippen LogP contribution >= 0.6 is 11.3 Å². The van der Waals surface area contributed by atoms with Gasteiger partial charge in [-0.15, -0.1) is 11.3 Å². The van der Waals surface area contributed by atoms with E-state index in [-0.39, 0.29) is 18.4 Å². The molecule has 106 valence electrons. The van der Waals surface area contributed by atoms with E-state index in [1.807, 2.05) is 12.3 Å². The van der Waals surface area contributed by atoms with E-state index in [1.54, 1.807) is 31.4 Å². The summed E-state index contributed by atoms with van der Waals surface area (Å²) in [5, 5.41) is 5.53. The average molecular weight is 291 g/mol. The Labute approximate surface area is 121 Å². The molecule has 0 aliphatic rings. The summed E-state index contributed by atoms with van der Waals surface area (Å²) in [7, 11) is 1.60. The van der Waals surface area contributed by atoms with E-state index in [9.17, 15) is 4.79 Å². The molecule has 3 N–H and O–H groups in total. The zero-order chi connectivity index (χ0) is 14.5. The van der Waals surface area contributed by atoms with Crippen molar-refractivity contribution < 1.29 is 9.53 Å². The minimum atomic E-state index is -0.100. The van der Waals surface area contributed by atoms with Gasteiger partial charge in [-0.2, -0.15) is 0 Å². The number of nitrogens with two attached hydrogens (primary N) is 1. The second-order valence-electron chi connectivity index (χ2n) is 4.42. The largest absolute Gasteiger partial charge is 0.497 e. The molecule has 1 heterocycles. The second kappa shape index (κ2) is 6.49. The summed E-state index contributed by atoms with van der Waals surface area (Å²) in [6.45, 7) is 1.88. The predicted octanol–water partition coefficient (Wildman–Crippen LogP) is 2.35. The smallest absolute Gasteiger partial charge is 0.230 e. The summed E-state index contributed by atoms with van der Waals surface area (Å²) >= 11 is 1.48. The van der Waals surface area contributed by atoms with Crippen molar-refractivity contribution >= 4 is 22.9 Å². The zero-order valence-corrected chi connectivity index (χ0v) is 12.2. The van der Waals surface area contributed by atoms with Gasteiger partial charge in [0.2, 0.25) is 5.91 Å². The molecule has 1 atom stereocenters. The molecule has 2 aromatic rings. The summed E-state index contributed by atoms with van der Waals surface area (Å²) in [4.78, 5) is 16.2. The zero-order valence-electron chi connectivity index (χ0n) is 11.4. The molecule has 0 aliphatic carbocycles. The number of carbonyl (C=O) groups excluding carboxylic acids is 1. The maximum Gasteiger partial charge on any atom is 0.230 e. The van der Waals surface area contributed by atoms with E-state index >= 15 is 0 Å². The Hall–Kier alpha value is -1.92. The van der Waals surface area contributed by atoms with Crippen LogP contribution in [0.3, 0.4) is 0 Å². The molecule has 0 bridgehead atoms. The Morgan fingerprint density at radius 1 is 1.45 bits per heavy atom. The van der Waals surface area contributed by atoms with Crippen molar-refractivity contribution in [3.63, 3.8) is 0 Å². The Balaban J connectivity index is 1.93. The number of rotatable bonds is 5. The van der Waals surface area contributed by atoms with Gasteiger partial charge in [-0.1, -0.05) is 0 Å². The van der Waals surface area contributed by atoms with Crippen LogP contribution in [0.1, 0.15) is 23.7 Å². The third-order valence-electron chi connectivity index (χ3n) is 2.67. The summed E-state index contributed by atoms with van der Waals surface area (Å²) in [6.07, 6.45) is 0.245. The lowest BCUT2D eigenvalue weighted by Crippen LogP contribution is -2.14. The first-order chi connectivity index (χ1) is 9.58. The Morgan fingerprint density at radius 3 is 2.70 bits per heavy atom. The van der Waals surface area contributed by atoms with Crippen LogP contribution in [0.5, 0.6) is 5.75 Å². The van der Waals surface area contributed by atoms with E-state index in [0.717, 1.165) is 22.1 Å². The molecule has 5 nitrogen and oxygen atoms in total. The number of aromatic nitrogens is 1. The highest BCUT2D eigenvalue weighted by Crippen LogP contribution is 2.17. The molecule has 0 fully saturated rings. The molecular weight excluding hydrogens is 274 g/mol. The van der Waals surface area contributed by atoms with Crippen LogP contribution in [0.15, 0.2) is 29.6 Å². The Kier molecular flexibility index (Phi) is 4.70. The molecule has 20 heavy (non-hydrogen) atoms. The van der Waals surface area contributed by atoms with Gasteiger partial charge in [0.1, 0.15) is 10.8 Å². The molecule has 0 spiro atoms. The normalized spacial score (nSPS) is 11.9. The number of anilines is 1. The van der Waals surface area contributed by atoms with Crippen molar-refractivity contribution in [1.82, 2.24) is 4.98 Å². The van der Waals surface area contributed by atoms with Gasteiger partial charge in [-0.25, -0.2) is 4.98 Å². The van der Waals surface area contributed by atoms with E-state index in [4.69, 9.17) is 10.5 Å². The molecule has 1 aromatic carbocycles. The quantitative estimate of drug-likeness (QED) is 0.886. The lowest BCUT2D eigenvalue weighted by molar-refractivity contribution is -0.115. The maximum atomic E-state index is 11.9. The highest BCUT2D eigenvalue weighted by Gasteiger charge is 2.10. The third-order valence-corrected chi connectivity index (χ3v) is 3.77. The second-order valence-corrected chi connectivity index (χ2v) is 5.31. The van der Waals surface area contributed by atoms with Gasteiger partial charge in [-0.05, 0) is 31.2 Å². The fraction of sp³-hybridized carbons (Fsp3) is 0.286. The standard InChI is InChI=1S/C14H17N3O2S/c1-9(15)14-17-11(8-20-14)7-13(18)16-10-3-5-12(19-2)6-4-10/h3-6,8-9H,7,15H2,1-2H3,(H,16,18). The van der Waals surface area contributed by atoms with Crippen LogP contribution in [-0.2, 0) is 11.2 Å². The number of nitrogens with one attached hydrogen (secondary N) is 1. The maximum absolute atomic E-state index is 11.9. The number of thiazole rings is 1. The molecule has 0 saturated carbocycles. The number of nitrogens with zero attached hydrogens (tertiary/aromatic N) is 1. The first-order valence-corrected chi connectivity index (χ1v) is 7.10. The summed E-state index contributed by atoms with van der Waals surface area (Å²) in [6, 6.07) is 7.09. The minimum Gasteiger partial charge on any atom is -0.497 e. The molecule has 0 aliphatic heterocycles. The Morgan fingerprint density at radius 2 is 2.15 bits per heavy atom. The van der Waals surface area contributed by atoms with Crippen LogP contribution in [0.4, 0.5) is 5.69 Å². The molecular formula is C14H17N3O2S. The highest BCUT2D eigenvalue weighted by molar-refractivity contribution is 7.09. The monoisotopic (exact) mass is 291 g/mol. The fourth-order valence-electron chi connectivity index (χ4n) is 1.66. The predicted molar refractivity (Wildman–Crippen MR) is 80.0 cm³/mol. The van der Waals surface area contributed by atoms with Crippen LogP contribution in [0.25, 0.3) is 0 Å². The van der Waals surface area contributed by atoms with Crippen LogP contribution in [-0.4, -0.2) is 18.0 Å². The molecule has 2 rings (SSSR count). The van der Waals surface area contributed by atoms with Crippen molar-refractivity contribution in [3.8, 4) is 5.75 Å². The number of methoxy groups -OCH3 is 1. The highest BCUT2D eigenvalue weighted by atomic mass is 32.1. The lowest BCUT2D eigenvalue weighted by Gasteiger charge is -2.05. The number of hydrogen-bond donors (Lipinski definition) is 2. The van der Waals surface area contributed by atoms with Gasteiger partial charge in [-0.3, -0.25) is 4.79 Å². The molecule has 0 radical (unpaired) electrons. The van der Waals surface area contributed by atoms with Crippen molar-refractivity contribution in [2.75, 3.05) is 12.4 Å². The van der Waals surface area contributed by atoms with E-state index in [2.05, 4.69) is 10.3 Å². The number of amides is 1. The lowest BCUT2D eigenvalue weighted by atomic mass is 10.2. The fourth-order valence-corrected chi connectivity index (χ4v) is 2.43. The van der Waals surface area contributed by atoms with Crippen molar-refractivity contribution in [1.29, 1.82) is 0 Å². The number of carbonyl (C=O) groups is 1. The van der Waals surface area contributed by atoms with Gasteiger partial charge in [0.15, 0.2) is 0 Å². The first kappa shape index (κ1) is 14.5. The molecule has 1 aromatic heterocycles. The van der Waals surface area contributed by atoms with Gasteiger partial charge in [0.05, 0.1) is 25.3 Å². The molecule has 1 unspecified atom stereocenters. The average Bonchev–Trinajstić information content (AvgIpc) is 2.88. The van der Waals surface area contributed by atoms with Gasteiger partial charge >= 0.3 is 0 Å². The molecule has 0 saturated heterocycles. The molecule has 6 heteroatoms. The van der Waals surface area contributed by atoms with Crippen LogP contribution in [0, 0.1) is 0 Å². The van der Waals surface area contributed by atoms with E-state index in [1.165, 1.54) is 11.3 Å². The number of benzene rings is 1. The summed E-state index contributed by atoms with van der Waals surface area (Å²) in [5.41, 5.74) is 7.22. The van der Waals surface area contributed by atoms with Crippen LogP contribution < -0.4 is 15.8 Å². The third kappa shape index (κ3) is 3.79. The summed E-state index contributed by atoms with van der Waals surface area (Å²) < 4.78 is 5.06. The topological polar surface area (TPSA) is 77.2 Å². The van der Waals surface area contributed by atoms with Crippen molar-refractivity contribution in [2.45, 2.75) is 19.4 Å². The minimum absolute atomic E-state index is 0.0987. The van der Waals surface area contributed by atoms with Crippen LogP contribution in [0.2, 0.25) is 0 Å². The van der Waals surface area contributed by atoms with E-state index < -0.39 is 0 Å². The SMILES string of the molecule is COc1ccc(NC(=O)Cc2csc(C(C)N)n2)cc1. The number of hydrogen-bond acceptors (Lipinski definition) is 5. The number of ether oxygens (including phenoxy) is 1.